The summed E-state index contributed by atoms with van der Waals surface area (Å²) in [5, 5.41) is 21.9. The Bertz CT molecular complexity index is 738. The fraction of sp³-hybridized carbons (Fsp3) is 0.0909. The highest BCUT2D eigenvalue weighted by atomic mass is 35.5. The molecule has 1 N–H and O–H groups in total. The zero-order chi connectivity index (χ0) is 13.4. The largest absolute Gasteiger partial charge is 0.481 e. The molecule has 0 unspecified atom stereocenters. The van der Waals surface area contributed by atoms with Gasteiger partial charge in [0.25, 0.3) is 0 Å². The summed E-state index contributed by atoms with van der Waals surface area (Å²) in [4.78, 5) is 11.4. The molecule has 0 aliphatic carbocycles. The summed E-state index contributed by atoms with van der Waals surface area (Å²) >= 11 is 7.46. The Hall–Kier alpha value is -1.99. The lowest BCUT2D eigenvalue weighted by Gasteiger charge is -2.02. The Morgan fingerprint density at radius 2 is 2.32 bits per heavy atom. The molecule has 0 saturated heterocycles. The van der Waals surface area contributed by atoms with Gasteiger partial charge in [0.15, 0.2) is 0 Å². The number of benzene rings is 1. The number of hydrogen-bond donors (Lipinski definition) is 1. The summed E-state index contributed by atoms with van der Waals surface area (Å²) in [5.41, 5.74) is 1.41. The van der Waals surface area contributed by atoms with Crippen molar-refractivity contribution in [2.45, 2.75) is 6.42 Å². The van der Waals surface area contributed by atoms with E-state index < -0.39 is 5.97 Å². The third kappa shape index (κ3) is 2.29. The molecule has 96 valence electrons. The van der Waals surface area contributed by atoms with Gasteiger partial charge in [-0.1, -0.05) is 35.1 Å². The molecule has 3 aromatic rings. The number of fused-ring (bicyclic) bond motifs is 1. The van der Waals surface area contributed by atoms with Gasteiger partial charge in [0.05, 0.1) is 6.42 Å². The number of carboxylic acids is 1. The first-order valence-electron chi connectivity index (χ1n) is 5.31. The lowest BCUT2D eigenvalue weighted by atomic mass is 10.1. The second-order valence-electron chi connectivity index (χ2n) is 3.84. The van der Waals surface area contributed by atoms with Crippen LogP contribution >= 0.6 is 22.9 Å². The van der Waals surface area contributed by atoms with Crippen LogP contribution in [-0.4, -0.2) is 30.9 Å². The molecule has 2 heterocycles. The fourth-order valence-corrected chi connectivity index (χ4v) is 2.73. The fourth-order valence-electron chi connectivity index (χ4n) is 1.66. The van der Waals surface area contributed by atoms with E-state index >= 15 is 0 Å². The maximum Gasteiger partial charge on any atom is 0.307 e. The summed E-state index contributed by atoms with van der Waals surface area (Å²) in [6.45, 7) is 0. The number of aliphatic carboxylic acids is 1. The number of hydrogen-bond acceptors (Lipinski definition) is 5. The smallest absolute Gasteiger partial charge is 0.307 e. The highest BCUT2D eigenvalue weighted by Crippen LogP contribution is 2.28. The summed E-state index contributed by atoms with van der Waals surface area (Å²) in [5.74, 6) is -0.909. The molecule has 2 aromatic heterocycles. The van der Waals surface area contributed by atoms with Crippen molar-refractivity contribution in [3.8, 4) is 10.6 Å². The molecule has 0 radical (unpaired) electrons. The summed E-state index contributed by atoms with van der Waals surface area (Å²) in [6.07, 6.45) is 1.43. The second kappa shape index (κ2) is 4.60. The minimum atomic E-state index is -0.909. The van der Waals surface area contributed by atoms with Crippen molar-refractivity contribution < 1.29 is 9.90 Å². The van der Waals surface area contributed by atoms with Gasteiger partial charge in [-0.05, 0) is 11.6 Å². The molecular weight excluding hydrogens is 288 g/mol. The van der Waals surface area contributed by atoms with Crippen LogP contribution in [0.5, 0.6) is 0 Å². The third-order valence-corrected chi connectivity index (χ3v) is 3.84. The number of carboxylic acid groups (broad SMARTS) is 1. The maximum absolute atomic E-state index is 10.7. The van der Waals surface area contributed by atoms with Gasteiger partial charge >= 0.3 is 5.97 Å². The van der Waals surface area contributed by atoms with E-state index in [1.165, 1.54) is 17.7 Å². The van der Waals surface area contributed by atoms with Crippen molar-refractivity contribution in [2.75, 3.05) is 0 Å². The van der Waals surface area contributed by atoms with Gasteiger partial charge < -0.3 is 5.11 Å². The van der Waals surface area contributed by atoms with Crippen LogP contribution in [0.1, 0.15) is 5.56 Å². The van der Waals surface area contributed by atoms with Crippen LogP contribution in [0.15, 0.2) is 24.5 Å². The molecule has 0 amide bonds. The SMILES string of the molecule is O=C(O)Cc1ccc(-c2nn3cnnc3s2)cc1Cl. The molecule has 19 heavy (non-hydrogen) atoms. The van der Waals surface area contributed by atoms with Crippen molar-refractivity contribution in [3.05, 3.63) is 35.1 Å². The van der Waals surface area contributed by atoms with Gasteiger partial charge in [-0.15, -0.1) is 10.2 Å². The number of rotatable bonds is 3. The minimum absolute atomic E-state index is 0.0930. The lowest BCUT2D eigenvalue weighted by Crippen LogP contribution is -2.00. The Labute approximate surface area is 116 Å². The Balaban J connectivity index is 1.99. The first-order chi connectivity index (χ1) is 9.13. The average Bonchev–Trinajstić information content (AvgIpc) is 2.91. The normalized spacial score (nSPS) is 11.0. The van der Waals surface area contributed by atoms with Crippen molar-refractivity contribution in [2.24, 2.45) is 0 Å². The number of carbonyl (C=O) groups is 1. The van der Waals surface area contributed by atoms with E-state index in [4.69, 9.17) is 16.7 Å². The minimum Gasteiger partial charge on any atom is -0.481 e. The molecule has 0 saturated carbocycles. The quantitative estimate of drug-likeness (QED) is 0.800. The standard InChI is InChI=1S/C11H7ClN4O2S/c12-8-3-7(2-1-6(8)4-9(17)18)10-15-16-5-13-14-11(16)19-10/h1-3,5H,4H2,(H,17,18). The number of nitrogens with zero attached hydrogens (tertiary/aromatic N) is 4. The molecule has 1 aromatic carbocycles. The number of aromatic nitrogens is 4. The van der Waals surface area contributed by atoms with E-state index in [9.17, 15) is 4.79 Å². The Morgan fingerprint density at radius 1 is 1.47 bits per heavy atom. The molecular formula is C11H7ClN4O2S. The van der Waals surface area contributed by atoms with Crippen LogP contribution in [0, 0.1) is 0 Å². The van der Waals surface area contributed by atoms with E-state index in [0.29, 0.717) is 15.5 Å². The molecule has 0 aliphatic heterocycles. The summed E-state index contributed by atoms with van der Waals surface area (Å²) in [6, 6.07) is 5.22. The van der Waals surface area contributed by atoms with E-state index in [-0.39, 0.29) is 6.42 Å². The van der Waals surface area contributed by atoms with Gasteiger partial charge in [-0.3, -0.25) is 4.79 Å². The van der Waals surface area contributed by atoms with Crippen LogP contribution in [-0.2, 0) is 11.2 Å². The summed E-state index contributed by atoms with van der Waals surface area (Å²) in [7, 11) is 0. The highest BCUT2D eigenvalue weighted by molar-refractivity contribution is 7.19. The molecule has 0 atom stereocenters. The van der Waals surface area contributed by atoms with Gasteiger partial charge in [-0.2, -0.15) is 9.61 Å². The molecule has 3 rings (SSSR count). The number of halogens is 1. The average molecular weight is 295 g/mol. The highest BCUT2D eigenvalue weighted by Gasteiger charge is 2.11. The van der Waals surface area contributed by atoms with Crippen LogP contribution in [0.4, 0.5) is 0 Å². The van der Waals surface area contributed by atoms with E-state index in [1.807, 2.05) is 0 Å². The lowest BCUT2D eigenvalue weighted by molar-refractivity contribution is -0.136. The van der Waals surface area contributed by atoms with Gasteiger partial charge in [0.1, 0.15) is 11.3 Å². The first kappa shape index (κ1) is 12.1. The van der Waals surface area contributed by atoms with Crippen LogP contribution in [0.25, 0.3) is 15.5 Å². The van der Waals surface area contributed by atoms with Crippen molar-refractivity contribution in [3.63, 3.8) is 0 Å². The van der Waals surface area contributed by atoms with Crippen molar-refractivity contribution in [1.82, 2.24) is 19.8 Å². The zero-order valence-corrected chi connectivity index (χ0v) is 11.0. The third-order valence-electron chi connectivity index (χ3n) is 2.53. The van der Waals surface area contributed by atoms with Crippen LogP contribution < -0.4 is 0 Å². The monoisotopic (exact) mass is 294 g/mol. The predicted octanol–water partition coefficient (Wildman–Crippen LogP) is 2.13. The van der Waals surface area contributed by atoms with Gasteiger partial charge in [0, 0.05) is 10.6 Å². The van der Waals surface area contributed by atoms with Crippen molar-refractivity contribution >= 4 is 33.9 Å². The predicted molar refractivity (Wildman–Crippen MR) is 70.4 cm³/mol. The maximum atomic E-state index is 10.7. The Morgan fingerprint density at radius 3 is 3.00 bits per heavy atom. The molecule has 8 heteroatoms. The Kier molecular flexibility index (Phi) is 2.92. The van der Waals surface area contributed by atoms with Crippen molar-refractivity contribution in [1.29, 1.82) is 0 Å². The second-order valence-corrected chi connectivity index (χ2v) is 5.21. The topological polar surface area (TPSA) is 80.4 Å². The summed E-state index contributed by atoms with van der Waals surface area (Å²) < 4.78 is 1.58. The zero-order valence-electron chi connectivity index (χ0n) is 9.45. The molecule has 6 nitrogen and oxygen atoms in total. The van der Waals surface area contributed by atoms with Gasteiger partial charge in [-0.25, -0.2) is 0 Å². The van der Waals surface area contributed by atoms with E-state index in [0.717, 1.165) is 10.6 Å². The molecule has 0 aliphatic rings. The molecule has 0 spiro atoms. The molecule has 0 fully saturated rings. The van der Waals surface area contributed by atoms with E-state index in [2.05, 4.69) is 15.3 Å². The van der Waals surface area contributed by atoms with Crippen LogP contribution in [0.2, 0.25) is 5.02 Å². The van der Waals surface area contributed by atoms with E-state index in [1.54, 1.807) is 22.7 Å². The van der Waals surface area contributed by atoms with Crippen LogP contribution in [0.3, 0.4) is 0 Å². The first-order valence-corrected chi connectivity index (χ1v) is 6.50. The molecule has 0 bridgehead atoms. The van der Waals surface area contributed by atoms with Gasteiger partial charge in [0.2, 0.25) is 4.96 Å².